The number of benzene rings is 2. The van der Waals surface area contributed by atoms with Gasteiger partial charge in [0.05, 0.1) is 5.75 Å². The molecule has 1 unspecified atom stereocenters. The largest absolute Gasteiger partial charge is 0.216 e. The van der Waals surface area contributed by atoms with E-state index in [1.54, 1.807) is 0 Å². The SMILES string of the molecule is CC(NS(=O)(=O)Cc1ccccc1)c1ccc(Br)cc1. The highest BCUT2D eigenvalue weighted by molar-refractivity contribution is 9.10. The van der Waals surface area contributed by atoms with Crippen LogP contribution in [0.15, 0.2) is 59.1 Å². The molecular weight excluding hydrogens is 338 g/mol. The Morgan fingerprint density at radius 2 is 1.65 bits per heavy atom. The first-order valence-corrected chi connectivity index (χ1v) is 8.70. The summed E-state index contributed by atoms with van der Waals surface area (Å²) in [6.45, 7) is 1.84. The summed E-state index contributed by atoms with van der Waals surface area (Å²) in [4.78, 5) is 0. The van der Waals surface area contributed by atoms with Gasteiger partial charge in [-0.05, 0) is 30.2 Å². The number of rotatable bonds is 5. The Balaban J connectivity index is 2.06. The summed E-state index contributed by atoms with van der Waals surface area (Å²) < 4.78 is 27.9. The van der Waals surface area contributed by atoms with Crippen molar-refractivity contribution >= 4 is 26.0 Å². The van der Waals surface area contributed by atoms with Crippen molar-refractivity contribution in [3.8, 4) is 0 Å². The molecule has 0 aliphatic carbocycles. The fourth-order valence-electron chi connectivity index (χ4n) is 1.92. The van der Waals surface area contributed by atoms with Crippen LogP contribution in [0.2, 0.25) is 0 Å². The van der Waals surface area contributed by atoms with Gasteiger partial charge >= 0.3 is 0 Å². The van der Waals surface area contributed by atoms with Gasteiger partial charge in [0.25, 0.3) is 0 Å². The Morgan fingerprint density at radius 3 is 2.25 bits per heavy atom. The molecule has 0 bridgehead atoms. The first-order valence-electron chi connectivity index (χ1n) is 6.26. The Morgan fingerprint density at radius 1 is 1.05 bits per heavy atom. The summed E-state index contributed by atoms with van der Waals surface area (Å²) in [5, 5.41) is 0. The van der Waals surface area contributed by atoms with Crippen molar-refractivity contribution < 1.29 is 8.42 Å². The standard InChI is InChI=1S/C15H16BrNO2S/c1-12(14-7-9-15(16)10-8-14)17-20(18,19)11-13-5-3-2-4-6-13/h2-10,12,17H,11H2,1H3. The highest BCUT2D eigenvalue weighted by Crippen LogP contribution is 2.18. The van der Waals surface area contributed by atoms with Gasteiger partial charge in [-0.3, -0.25) is 0 Å². The molecule has 2 rings (SSSR count). The quantitative estimate of drug-likeness (QED) is 0.891. The number of hydrogen-bond acceptors (Lipinski definition) is 2. The second kappa shape index (κ2) is 6.52. The monoisotopic (exact) mass is 353 g/mol. The van der Waals surface area contributed by atoms with Gasteiger partial charge in [0, 0.05) is 10.5 Å². The van der Waals surface area contributed by atoms with Crippen LogP contribution >= 0.6 is 15.9 Å². The van der Waals surface area contributed by atoms with Crippen LogP contribution in [0, 0.1) is 0 Å². The highest BCUT2D eigenvalue weighted by atomic mass is 79.9. The Labute approximate surface area is 128 Å². The lowest BCUT2D eigenvalue weighted by Gasteiger charge is -2.14. The van der Waals surface area contributed by atoms with Crippen LogP contribution < -0.4 is 4.72 Å². The van der Waals surface area contributed by atoms with Crippen LogP contribution in [-0.2, 0) is 15.8 Å². The lowest BCUT2D eigenvalue weighted by molar-refractivity contribution is 0.566. The number of nitrogens with one attached hydrogen (secondary N) is 1. The van der Waals surface area contributed by atoms with Crippen molar-refractivity contribution in [2.75, 3.05) is 0 Å². The third-order valence-electron chi connectivity index (χ3n) is 2.93. The van der Waals surface area contributed by atoms with Crippen molar-refractivity contribution in [3.63, 3.8) is 0 Å². The van der Waals surface area contributed by atoms with Crippen LogP contribution in [0.5, 0.6) is 0 Å². The molecule has 1 N–H and O–H groups in total. The zero-order chi connectivity index (χ0) is 14.6. The molecule has 20 heavy (non-hydrogen) atoms. The van der Waals surface area contributed by atoms with E-state index in [1.165, 1.54) is 0 Å². The highest BCUT2D eigenvalue weighted by Gasteiger charge is 2.16. The molecule has 3 nitrogen and oxygen atoms in total. The van der Waals surface area contributed by atoms with Gasteiger partial charge in [-0.2, -0.15) is 0 Å². The number of hydrogen-bond donors (Lipinski definition) is 1. The van der Waals surface area contributed by atoms with Crippen LogP contribution in [0.1, 0.15) is 24.1 Å². The maximum atomic E-state index is 12.1. The average Bonchev–Trinajstić information content (AvgIpc) is 2.39. The molecule has 0 fully saturated rings. The molecule has 2 aromatic rings. The molecule has 0 heterocycles. The lowest BCUT2D eigenvalue weighted by atomic mass is 10.1. The topological polar surface area (TPSA) is 46.2 Å². The van der Waals surface area contributed by atoms with Gasteiger partial charge in [0.1, 0.15) is 0 Å². The molecule has 0 aromatic heterocycles. The van der Waals surface area contributed by atoms with Crippen LogP contribution in [0.3, 0.4) is 0 Å². The predicted molar refractivity (Wildman–Crippen MR) is 84.8 cm³/mol. The molecule has 0 radical (unpaired) electrons. The Kier molecular flexibility index (Phi) is 4.96. The second-order valence-electron chi connectivity index (χ2n) is 4.64. The molecular formula is C15H16BrNO2S. The van der Waals surface area contributed by atoms with E-state index in [4.69, 9.17) is 0 Å². The minimum absolute atomic E-state index is 0.00525. The first-order chi connectivity index (χ1) is 9.46. The van der Waals surface area contributed by atoms with Gasteiger partial charge in [-0.15, -0.1) is 0 Å². The molecule has 0 aliphatic heterocycles. The third-order valence-corrected chi connectivity index (χ3v) is 4.88. The van der Waals surface area contributed by atoms with Gasteiger partial charge in [-0.25, -0.2) is 13.1 Å². The second-order valence-corrected chi connectivity index (χ2v) is 7.31. The van der Waals surface area contributed by atoms with Gasteiger partial charge in [0.2, 0.25) is 10.0 Å². The molecule has 5 heteroatoms. The van der Waals surface area contributed by atoms with Gasteiger partial charge in [-0.1, -0.05) is 58.4 Å². The van der Waals surface area contributed by atoms with E-state index in [1.807, 2.05) is 61.5 Å². The summed E-state index contributed by atoms with van der Waals surface area (Å²) in [5.41, 5.74) is 1.72. The van der Waals surface area contributed by atoms with E-state index in [2.05, 4.69) is 20.7 Å². The maximum absolute atomic E-state index is 12.1. The molecule has 0 spiro atoms. The normalized spacial score (nSPS) is 13.1. The first kappa shape index (κ1) is 15.2. The van der Waals surface area contributed by atoms with E-state index < -0.39 is 10.0 Å². The van der Waals surface area contributed by atoms with Gasteiger partial charge in [0.15, 0.2) is 0 Å². The summed E-state index contributed by atoms with van der Waals surface area (Å²) in [6.07, 6.45) is 0. The third kappa shape index (κ3) is 4.44. The van der Waals surface area contributed by atoms with Crippen molar-refractivity contribution in [2.24, 2.45) is 0 Å². The summed E-state index contributed by atoms with van der Waals surface area (Å²) >= 11 is 3.36. The molecule has 0 saturated carbocycles. The van der Waals surface area contributed by atoms with E-state index in [-0.39, 0.29) is 11.8 Å². The van der Waals surface area contributed by atoms with E-state index in [9.17, 15) is 8.42 Å². The zero-order valence-corrected chi connectivity index (χ0v) is 13.5. The van der Waals surface area contributed by atoms with Crippen molar-refractivity contribution in [1.82, 2.24) is 4.72 Å². The molecule has 0 aliphatic rings. The summed E-state index contributed by atoms with van der Waals surface area (Å²) in [7, 11) is -3.35. The van der Waals surface area contributed by atoms with Crippen LogP contribution in [-0.4, -0.2) is 8.42 Å². The molecule has 1 atom stereocenters. The van der Waals surface area contributed by atoms with Crippen molar-refractivity contribution in [1.29, 1.82) is 0 Å². The maximum Gasteiger partial charge on any atom is 0.216 e. The smallest absolute Gasteiger partial charge is 0.212 e. The Hall–Kier alpha value is -1.17. The number of sulfonamides is 1. The van der Waals surface area contributed by atoms with E-state index in [0.717, 1.165) is 15.6 Å². The minimum Gasteiger partial charge on any atom is -0.212 e. The zero-order valence-electron chi connectivity index (χ0n) is 11.1. The van der Waals surface area contributed by atoms with Crippen molar-refractivity contribution in [2.45, 2.75) is 18.7 Å². The average molecular weight is 354 g/mol. The molecule has 106 valence electrons. The van der Waals surface area contributed by atoms with E-state index in [0.29, 0.717) is 0 Å². The summed E-state index contributed by atoms with van der Waals surface area (Å²) in [6, 6.07) is 16.5. The number of halogens is 1. The predicted octanol–water partition coefficient (Wildman–Crippen LogP) is 3.63. The Bertz CT molecular complexity index is 654. The van der Waals surface area contributed by atoms with Crippen LogP contribution in [0.4, 0.5) is 0 Å². The van der Waals surface area contributed by atoms with E-state index >= 15 is 0 Å². The fourth-order valence-corrected chi connectivity index (χ4v) is 3.58. The fraction of sp³-hybridized carbons (Fsp3) is 0.200. The molecule has 0 saturated heterocycles. The minimum atomic E-state index is -3.35. The van der Waals surface area contributed by atoms with Gasteiger partial charge < -0.3 is 0 Å². The molecule has 2 aromatic carbocycles. The summed E-state index contributed by atoms with van der Waals surface area (Å²) in [5.74, 6) is -0.00525. The molecule has 0 amide bonds. The lowest BCUT2D eigenvalue weighted by Crippen LogP contribution is -2.28. The van der Waals surface area contributed by atoms with Crippen LogP contribution in [0.25, 0.3) is 0 Å². The van der Waals surface area contributed by atoms with Crippen molar-refractivity contribution in [3.05, 3.63) is 70.2 Å².